The molecule has 0 saturated carbocycles. The molecule has 1 aromatic heterocycles. The molecule has 1 heterocycles. The Bertz CT molecular complexity index is 771. The van der Waals surface area contributed by atoms with Gasteiger partial charge in [0.1, 0.15) is 17.6 Å². The maximum Gasteiger partial charge on any atom is 0.573 e. The summed E-state index contributed by atoms with van der Waals surface area (Å²) in [6.45, 7) is 1.64. The van der Waals surface area contributed by atoms with Gasteiger partial charge >= 0.3 is 12.0 Å². The highest BCUT2D eigenvalue weighted by molar-refractivity contribution is 5.90. The summed E-state index contributed by atoms with van der Waals surface area (Å²) in [5.41, 5.74) is 0.481. The molecule has 0 bridgehead atoms. The van der Waals surface area contributed by atoms with E-state index in [2.05, 4.69) is 15.2 Å². The first-order valence-corrected chi connectivity index (χ1v) is 6.98. The molecule has 0 fully saturated rings. The Kier molecular flexibility index (Phi) is 5.25. The fourth-order valence-electron chi connectivity index (χ4n) is 2.01. The number of rotatable bonds is 6. The van der Waals surface area contributed by atoms with Crippen molar-refractivity contribution in [3.05, 3.63) is 46.3 Å². The summed E-state index contributed by atoms with van der Waals surface area (Å²) in [7, 11) is 0. The SMILES string of the molecule is Cc1c([N+](=O)[O-])cnn1CCC(=O)Nc1ccc(OC(F)(F)F)cc1. The minimum absolute atomic E-state index is 0.0134. The van der Waals surface area contributed by atoms with Crippen LogP contribution in [0.4, 0.5) is 24.5 Å². The standard InChI is InChI=1S/C14H13F3N4O4/c1-9-12(21(23)24)8-18-20(9)7-6-13(22)19-10-2-4-11(5-3-10)25-14(15,16)17/h2-5,8H,6-7H2,1H3,(H,19,22). The first-order valence-electron chi connectivity index (χ1n) is 6.98. The molecule has 8 nitrogen and oxygen atoms in total. The average molecular weight is 358 g/mol. The van der Waals surface area contributed by atoms with Crippen LogP contribution in [0.1, 0.15) is 12.1 Å². The largest absolute Gasteiger partial charge is 0.573 e. The van der Waals surface area contributed by atoms with Crippen molar-refractivity contribution in [1.82, 2.24) is 9.78 Å². The van der Waals surface area contributed by atoms with E-state index in [4.69, 9.17) is 0 Å². The van der Waals surface area contributed by atoms with Gasteiger partial charge in [0.25, 0.3) is 0 Å². The van der Waals surface area contributed by atoms with Crippen LogP contribution in [0.3, 0.4) is 0 Å². The number of nitrogens with one attached hydrogen (secondary N) is 1. The van der Waals surface area contributed by atoms with Crippen LogP contribution >= 0.6 is 0 Å². The molecule has 2 rings (SSSR count). The van der Waals surface area contributed by atoms with E-state index in [1.807, 2.05) is 0 Å². The number of carbonyl (C=O) groups excluding carboxylic acids is 1. The van der Waals surface area contributed by atoms with Gasteiger partial charge in [0, 0.05) is 12.1 Å². The van der Waals surface area contributed by atoms with Crippen molar-refractivity contribution >= 4 is 17.3 Å². The third kappa shape index (κ3) is 5.19. The number of aryl methyl sites for hydroxylation is 1. The molecule has 0 unspecified atom stereocenters. The van der Waals surface area contributed by atoms with Crippen LogP contribution in [-0.4, -0.2) is 27.0 Å². The highest BCUT2D eigenvalue weighted by Crippen LogP contribution is 2.24. The van der Waals surface area contributed by atoms with E-state index in [-0.39, 0.29) is 18.7 Å². The first-order chi connectivity index (χ1) is 11.7. The molecule has 0 aliphatic heterocycles. The van der Waals surface area contributed by atoms with Crippen molar-refractivity contribution in [2.24, 2.45) is 0 Å². The second-order valence-corrected chi connectivity index (χ2v) is 4.97. The highest BCUT2D eigenvalue weighted by atomic mass is 19.4. The Balaban J connectivity index is 1.89. The number of nitro groups is 1. The zero-order valence-corrected chi connectivity index (χ0v) is 12.9. The smallest absolute Gasteiger partial charge is 0.406 e. The van der Waals surface area contributed by atoms with Crippen LogP contribution < -0.4 is 10.1 Å². The van der Waals surface area contributed by atoms with Gasteiger partial charge in [-0.05, 0) is 31.2 Å². The van der Waals surface area contributed by atoms with Crippen LogP contribution in [0.2, 0.25) is 0 Å². The quantitative estimate of drug-likeness (QED) is 0.632. The van der Waals surface area contributed by atoms with E-state index < -0.39 is 22.9 Å². The summed E-state index contributed by atoms with van der Waals surface area (Å²) in [5.74, 6) is -0.813. The Morgan fingerprint density at radius 2 is 2.00 bits per heavy atom. The van der Waals surface area contributed by atoms with E-state index in [1.54, 1.807) is 0 Å². The Hall–Kier alpha value is -3.11. The number of ether oxygens (including phenoxy) is 1. The van der Waals surface area contributed by atoms with Crippen molar-refractivity contribution < 1.29 is 27.6 Å². The van der Waals surface area contributed by atoms with Crippen molar-refractivity contribution in [3.8, 4) is 5.75 Å². The van der Waals surface area contributed by atoms with E-state index in [0.29, 0.717) is 11.4 Å². The number of aromatic nitrogens is 2. The third-order valence-electron chi connectivity index (χ3n) is 3.20. The first kappa shape index (κ1) is 18.2. The maximum absolute atomic E-state index is 12.1. The summed E-state index contributed by atoms with van der Waals surface area (Å²) in [6, 6.07) is 4.68. The van der Waals surface area contributed by atoms with E-state index in [0.717, 1.165) is 18.3 Å². The summed E-state index contributed by atoms with van der Waals surface area (Å²) in [4.78, 5) is 22.0. The molecular formula is C14H13F3N4O4. The number of benzene rings is 1. The normalized spacial score (nSPS) is 11.2. The van der Waals surface area contributed by atoms with Gasteiger partial charge in [0.05, 0.1) is 11.5 Å². The van der Waals surface area contributed by atoms with E-state index >= 15 is 0 Å². The van der Waals surface area contributed by atoms with Crippen LogP contribution in [-0.2, 0) is 11.3 Å². The fourth-order valence-corrected chi connectivity index (χ4v) is 2.01. The summed E-state index contributed by atoms with van der Waals surface area (Å²) in [6.07, 6.45) is -3.69. The van der Waals surface area contributed by atoms with Gasteiger partial charge in [-0.15, -0.1) is 13.2 Å². The van der Waals surface area contributed by atoms with Crippen molar-refractivity contribution in [2.75, 3.05) is 5.32 Å². The molecule has 0 radical (unpaired) electrons. The zero-order chi connectivity index (χ0) is 18.6. The monoisotopic (exact) mass is 358 g/mol. The number of anilines is 1. The van der Waals surface area contributed by atoms with Crippen molar-refractivity contribution in [3.63, 3.8) is 0 Å². The van der Waals surface area contributed by atoms with Gasteiger partial charge in [-0.25, -0.2) is 0 Å². The molecule has 134 valence electrons. The average Bonchev–Trinajstić information content (AvgIpc) is 2.87. The topological polar surface area (TPSA) is 99.3 Å². The minimum atomic E-state index is -4.78. The van der Waals surface area contributed by atoms with Crippen molar-refractivity contribution in [1.29, 1.82) is 0 Å². The lowest BCUT2D eigenvalue weighted by atomic mass is 10.3. The lowest BCUT2D eigenvalue weighted by Crippen LogP contribution is -2.17. The number of carbonyl (C=O) groups is 1. The lowest BCUT2D eigenvalue weighted by molar-refractivity contribution is -0.385. The molecule has 11 heteroatoms. The second kappa shape index (κ2) is 7.20. The summed E-state index contributed by atoms with van der Waals surface area (Å²) in [5, 5.41) is 17.1. The van der Waals surface area contributed by atoms with E-state index in [9.17, 15) is 28.1 Å². The Morgan fingerprint density at radius 3 is 2.52 bits per heavy atom. The zero-order valence-electron chi connectivity index (χ0n) is 12.9. The number of halogens is 3. The van der Waals surface area contributed by atoms with Gasteiger partial charge < -0.3 is 10.1 Å². The molecule has 1 amide bonds. The maximum atomic E-state index is 12.1. The van der Waals surface area contributed by atoms with Gasteiger partial charge in [0.15, 0.2) is 0 Å². The van der Waals surface area contributed by atoms with Crippen molar-refractivity contribution in [2.45, 2.75) is 26.3 Å². The van der Waals surface area contributed by atoms with Gasteiger partial charge in [-0.1, -0.05) is 0 Å². The van der Waals surface area contributed by atoms with Crippen LogP contribution in [0.5, 0.6) is 5.75 Å². The predicted molar refractivity (Wildman–Crippen MR) is 80.0 cm³/mol. The van der Waals surface area contributed by atoms with E-state index in [1.165, 1.54) is 23.7 Å². The molecule has 0 saturated heterocycles. The van der Waals surface area contributed by atoms with Gasteiger partial charge in [-0.3, -0.25) is 19.6 Å². The number of amides is 1. The van der Waals surface area contributed by atoms with Gasteiger partial charge in [-0.2, -0.15) is 5.10 Å². The molecule has 2 aromatic rings. The number of hydrogen-bond acceptors (Lipinski definition) is 5. The highest BCUT2D eigenvalue weighted by Gasteiger charge is 2.30. The van der Waals surface area contributed by atoms with Crippen LogP contribution in [0.15, 0.2) is 30.5 Å². The van der Waals surface area contributed by atoms with Gasteiger partial charge in [0.2, 0.25) is 5.91 Å². The van der Waals surface area contributed by atoms with Crippen LogP contribution in [0.25, 0.3) is 0 Å². The lowest BCUT2D eigenvalue weighted by Gasteiger charge is -2.10. The molecule has 0 spiro atoms. The number of alkyl halides is 3. The minimum Gasteiger partial charge on any atom is -0.406 e. The number of nitrogens with zero attached hydrogens (tertiary/aromatic N) is 3. The summed E-state index contributed by atoms with van der Waals surface area (Å²) < 4.78 is 41.2. The molecule has 0 aliphatic rings. The summed E-state index contributed by atoms with van der Waals surface area (Å²) >= 11 is 0. The molecule has 1 aromatic carbocycles. The number of hydrogen-bond donors (Lipinski definition) is 1. The fraction of sp³-hybridized carbons (Fsp3) is 0.286. The molecule has 1 N–H and O–H groups in total. The third-order valence-corrected chi connectivity index (χ3v) is 3.20. The Labute approximate surface area is 139 Å². The van der Waals surface area contributed by atoms with Crippen LogP contribution in [0, 0.1) is 17.0 Å². The molecular weight excluding hydrogens is 345 g/mol. The molecule has 0 atom stereocenters. The predicted octanol–water partition coefficient (Wildman–Crippen LogP) is 3.03. The second-order valence-electron chi connectivity index (χ2n) is 4.97. The Morgan fingerprint density at radius 1 is 1.36 bits per heavy atom. The molecule has 25 heavy (non-hydrogen) atoms. The molecule has 0 aliphatic carbocycles.